The van der Waals surface area contributed by atoms with Gasteiger partial charge in [0.2, 0.25) is 0 Å². The number of sulfonamides is 1. The summed E-state index contributed by atoms with van der Waals surface area (Å²) >= 11 is 0.701. The van der Waals surface area contributed by atoms with Crippen LogP contribution in [0, 0.1) is 17.6 Å². The van der Waals surface area contributed by atoms with E-state index in [-0.39, 0.29) is 21.3 Å². The molecule has 0 amide bonds. The second kappa shape index (κ2) is 6.52. The van der Waals surface area contributed by atoms with Crippen molar-refractivity contribution in [2.75, 3.05) is 0 Å². The Morgan fingerprint density at radius 2 is 1.70 bits per heavy atom. The quantitative estimate of drug-likeness (QED) is 0.620. The molecule has 5 nitrogen and oxygen atoms in total. The second-order valence-electron chi connectivity index (χ2n) is 5.05. The Hall–Kier alpha value is -2.17. The summed E-state index contributed by atoms with van der Waals surface area (Å²) in [6, 6.07) is 6.36. The van der Waals surface area contributed by atoms with Crippen LogP contribution in [0.1, 0.15) is 19.4 Å². The second-order valence-corrected chi connectivity index (χ2v) is 7.48. The number of nitrogens with zero attached hydrogens (tertiary/aromatic N) is 2. The number of hydrogen-bond acceptors (Lipinski definition) is 5. The lowest BCUT2D eigenvalue weighted by Crippen LogP contribution is -2.16. The zero-order valence-corrected chi connectivity index (χ0v) is 14.5. The molecule has 0 heterocycles. The highest BCUT2D eigenvalue weighted by atomic mass is 32.2. The van der Waals surface area contributed by atoms with Crippen molar-refractivity contribution in [1.29, 1.82) is 5.26 Å². The molecule has 0 bridgehead atoms. The Kier molecular flexibility index (Phi) is 4.88. The fourth-order valence-electron chi connectivity index (χ4n) is 1.96. The summed E-state index contributed by atoms with van der Waals surface area (Å²) in [5, 5.41) is 10.6. The maximum absolute atomic E-state index is 12.4. The van der Waals surface area contributed by atoms with Gasteiger partial charge in [-0.15, -0.1) is 0 Å². The van der Waals surface area contributed by atoms with E-state index in [1.807, 2.05) is 12.3 Å². The Labute approximate surface area is 139 Å². The first-order valence-electron chi connectivity index (χ1n) is 6.68. The molecule has 0 spiro atoms. The molecule has 0 saturated carbocycles. The van der Waals surface area contributed by atoms with Gasteiger partial charge in [0.15, 0.2) is 5.78 Å². The first-order chi connectivity index (χ1) is 10.8. The summed E-state index contributed by atoms with van der Waals surface area (Å²) in [7, 11) is -3.88. The molecule has 118 valence electrons. The third kappa shape index (κ3) is 3.60. The number of thioether (sulfide) groups is 1. The number of allylic oxidation sites excluding steroid dienone is 4. The number of benzene rings is 1. The van der Waals surface area contributed by atoms with Crippen molar-refractivity contribution in [3.8, 4) is 5.40 Å². The molecular weight excluding hydrogens is 332 g/mol. The van der Waals surface area contributed by atoms with Gasteiger partial charge in [0.05, 0.1) is 15.5 Å². The first-order valence-corrected chi connectivity index (χ1v) is 8.93. The molecule has 0 aliphatic heterocycles. The molecule has 0 radical (unpaired) electrons. The van der Waals surface area contributed by atoms with Crippen molar-refractivity contribution in [1.82, 2.24) is 0 Å². The fraction of sp³-hybridized carbons (Fsp3) is 0.188. The molecule has 0 atom stereocenters. The van der Waals surface area contributed by atoms with Gasteiger partial charge in [0.1, 0.15) is 5.40 Å². The van der Waals surface area contributed by atoms with Crippen molar-refractivity contribution in [3.05, 3.63) is 52.0 Å². The highest BCUT2D eigenvalue weighted by Gasteiger charge is 2.24. The van der Waals surface area contributed by atoms with Gasteiger partial charge in [-0.05, 0) is 56.3 Å². The molecule has 1 aliphatic carbocycles. The Bertz CT molecular complexity index is 900. The standard InChI is InChI=1S/C16H14N2O3S2/c1-10-4-6-13(7-5-10)23(20,21)18-14-8-15(22-9-17)16(19)12(3)11(14)2/h4-8H,1-3H3/b18-14-. The summed E-state index contributed by atoms with van der Waals surface area (Å²) in [5.41, 5.74) is 2.01. The van der Waals surface area contributed by atoms with E-state index >= 15 is 0 Å². The number of nitriles is 1. The molecule has 23 heavy (non-hydrogen) atoms. The molecule has 2 rings (SSSR count). The molecule has 0 N–H and O–H groups in total. The lowest BCUT2D eigenvalue weighted by Gasteiger charge is -2.14. The first kappa shape index (κ1) is 17.2. The summed E-state index contributed by atoms with van der Waals surface area (Å²) in [6.45, 7) is 5.09. The molecule has 1 aliphatic rings. The molecule has 1 aromatic carbocycles. The Morgan fingerprint density at radius 1 is 1.09 bits per heavy atom. The van der Waals surface area contributed by atoms with E-state index in [9.17, 15) is 13.2 Å². The minimum atomic E-state index is -3.88. The number of Topliss-reactive ketones (excluding diaryl/α,β-unsaturated/α-hetero) is 1. The smallest absolute Gasteiger partial charge is 0.282 e. The van der Waals surface area contributed by atoms with Crippen LogP contribution in [-0.4, -0.2) is 19.9 Å². The normalized spacial score (nSPS) is 17.2. The zero-order valence-electron chi connectivity index (χ0n) is 12.8. The van der Waals surface area contributed by atoms with E-state index in [0.717, 1.165) is 5.56 Å². The van der Waals surface area contributed by atoms with Crippen LogP contribution in [0.5, 0.6) is 0 Å². The molecule has 7 heteroatoms. The summed E-state index contributed by atoms with van der Waals surface area (Å²) in [5.74, 6) is -0.277. The van der Waals surface area contributed by atoms with Gasteiger partial charge in [-0.2, -0.15) is 18.1 Å². The molecule has 0 aromatic heterocycles. The van der Waals surface area contributed by atoms with E-state index in [1.54, 1.807) is 26.0 Å². The lowest BCUT2D eigenvalue weighted by molar-refractivity contribution is -0.111. The maximum atomic E-state index is 12.4. The number of aryl methyl sites for hydroxylation is 1. The third-order valence-corrected chi connectivity index (χ3v) is 5.39. The zero-order chi connectivity index (χ0) is 17.2. The van der Waals surface area contributed by atoms with E-state index in [1.165, 1.54) is 18.2 Å². The third-order valence-electron chi connectivity index (χ3n) is 3.47. The van der Waals surface area contributed by atoms with Gasteiger partial charge in [0.25, 0.3) is 10.0 Å². The summed E-state index contributed by atoms with van der Waals surface area (Å²) < 4.78 is 28.7. The molecule has 0 saturated heterocycles. The van der Waals surface area contributed by atoms with Crippen LogP contribution in [0.4, 0.5) is 0 Å². The Morgan fingerprint density at radius 3 is 2.26 bits per heavy atom. The van der Waals surface area contributed by atoms with Crippen LogP contribution in [0.25, 0.3) is 0 Å². The van der Waals surface area contributed by atoms with Crippen LogP contribution < -0.4 is 0 Å². The lowest BCUT2D eigenvalue weighted by atomic mass is 9.97. The minimum absolute atomic E-state index is 0.0841. The summed E-state index contributed by atoms with van der Waals surface area (Å²) in [6.07, 6.45) is 1.35. The predicted octanol–water partition coefficient (Wildman–Crippen LogP) is 3.14. The monoisotopic (exact) mass is 346 g/mol. The van der Waals surface area contributed by atoms with Gasteiger partial charge in [-0.25, -0.2) is 0 Å². The Balaban J connectivity index is 2.54. The van der Waals surface area contributed by atoms with Gasteiger partial charge in [0, 0.05) is 5.57 Å². The highest BCUT2D eigenvalue weighted by molar-refractivity contribution is 8.08. The average molecular weight is 346 g/mol. The van der Waals surface area contributed by atoms with Gasteiger partial charge < -0.3 is 0 Å². The number of thiocyanates is 1. The van der Waals surface area contributed by atoms with Gasteiger partial charge in [-0.1, -0.05) is 17.7 Å². The van der Waals surface area contributed by atoms with Crippen LogP contribution in [0.3, 0.4) is 0 Å². The van der Waals surface area contributed by atoms with Crippen molar-refractivity contribution < 1.29 is 13.2 Å². The average Bonchev–Trinajstić information content (AvgIpc) is 2.50. The van der Waals surface area contributed by atoms with E-state index in [0.29, 0.717) is 22.9 Å². The fourth-order valence-corrected chi connectivity index (χ4v) is 3.51. The molecule has 0 unspecified atom stereocenters. The molecule has 1 aromatic rings. The predicted molar refractivity (Wildman–Crippen MR) is 90.5 cm³/mol. The van der Waals surface area contributed by atoms with E-state index < -0.39 is 10.0 Å². The number of ketones is 1. The maximum Gasteiger partial charge on any atom is 0.282 e. The number of rotatable bonds is 3. The topological polar surface area (TPSA) is 87.4 Å². The SMILES string of the molecule is CC1=C(C)/C(=N\S(=O)(=O)c2ccc(C)cc2)C=C(SC#N)C1=O. The number of carbonyl (C=O) groups excluding carboxylic acids is 1. The molecular formula is C16H14N2O3S2. The van der Waals surface area contributed by atoms with E-state index in [4.69, 9.17) is 5.26 Å². The molecule has 0 fully saturated rings. The van der Waals surface area contributed by atoms with Gasteiger partial charge >= 0.3 is 0 Å². The van der Waals surface area contributed by atoms with Crippen molar-refractivity contribution >= 4 is 33.3 Å². The highest BCUT2D eigenvalue weighted by Crippen LogP contribution is 2.27. The van der Waals surface area contributed by atoms with Crippen LogP contribution in [0.2, 0.25) is 0 Å². The van der Waals surface area contributed by atoms with Crippen LogP contribution >= 0.6 is 11.8 Å². The largest absolute Gasteiger partial charge is 0.288 e. The van der Waals surface area contributed by atoms with Gasteiger partial charge in [-0.3, -0.25) is 4.79 Å². The van der Waals surface area contributed by atoms with Crippen LogP contribution in [-0.2, 0) is 14.8 Å². The van der Waals surface area contributed by atoms with Crippen molar-refractivity contribution in [3.63, 3.8) is 0 Å². The van der Waals surface area contributed by atoms with E-state index in [2.05, 4.69) is 4.40 Å². The summed E-state index contributed by atoms with van der Waals surface area (Å²) in [4.78, 5) is 12.3. The number of carbonyl (C=O) groups is 1. The number of hydrogen-bond donors (Lipinski definition) is 0. The van der Waals surface area contributed by atoms with Crippen LogP contribution in [0.15, 0.2) is 55.7 Å². The van der Waals surface area contributed by atoms with Crippen molar-refractivity contribution in [2.45, 2.75) is 25.7 Å². The minimum Gasteiger partial charge on any atom is -0.288 e. The van der Waals surface area contributed by atoms with Crippen molar-refractivity contribution in [2.24, 2.45) is 4.40 Å².